The summed E-state index contributed by atoms with van der Waals surface area (Å²) >= 11 is 0. The first-order valence-electron chi connectivity index (χ1n) is 6.28. The largest absolute Gasteiger partial charge is 0.496 e. The third-order valence-electron chi connectivity index (χ3n) is 2.73. The average molecular weight is 276 g/mol. The Labute approximate surface area is 118 Å². The van der Waals surface area contributed by atoms with Gasteiger partial charge in [0.1, 0.15) is 11.3 Å². The summed E-state index contributed by atoms with van der Waals surface area (Å²) in [5.74, 6) is -0.728. The number of nitrogens with two attached hydrogens (primary N) is 1. The topological polar surface area (TPSA) is 84.9 Å². The van der Waals surface area contributed by atoms with E-state index in [1.54, 1.807) is 18.4 Å². The SMILES string of the molecule is COc1cc(C)c(/C(N)=C/C=NC(C)C)cc1C(=O)O. The molecule has 0 fully saturated rings. The van der Waals surface area contributed by atoms with Gasteiger partial charge in [-0.1, -0.05) is 0 Å². The Bertz CT molecular complexity index is 560. The maximum absolute atomic E-state index is 11.2. The van der Waals surface area contributed by atoms with Crippen LogP contribution >= 0.6 is 0 Å². The van der Waals surface area contributed by atoms with Crippen molar-refractivity contribution in [3.8, 4) is 5.75 Å². The smallest absolute Gasteiger partial charge is 0.339 e. The van der Waals surface area contributed by atoms with E-state index >= 15 is 0 Å². The molecule has 0 heterocycles. The molecule has 0 aliphatic heterocycles. The fourth-order valence-electron chi connectivity index (χ4n) is 1.71. The molecule has 1 rings (SSSR count). The number of aliphatic imine (C=N–C) groups is 1. The first-order chi connectivity index (χ1) is 9.36. The molecule has 0 unspecified atom stereocenters. The first kappa shape index (κ1) is 15.8. The molecular formula is C15H20N2O3. The molecule has 0 bridgehead atoms. The lowest BCUT2D eigenvalue weighted by Gasteiger charge is -2.11. The molecule has 0 saturated heterocycles. The number of aromatic carboxylic acids is 1. The first-order valence-corrected chi connectivity index (χ1v) is 6.28. The van der Waals surface area contributed by atoms with Crippen molar-refractivity contribution < 1.29 is 14.6 Å². The van der Waals surface area contributed by atoms with Crippen LogP contribution in [0.5, 0.6) is 5.75 Å². The van der Waals surface area contributed by atoms with Crippen LogP contribution in [0.15, 0.2) is 23.2 Å². The predicted octanol–water partition coefficient (Wildman–Crippen LogP) is 2.48. The number of nitrogens with zero attached hydrogens (tertiary/aromatic N) is 1. The minimum Gasteiger partial charge on any atom is -0.496 e. The summed E-state index contributed by atoms with van der Waals surface area (Å²) in [5.41, 5.74) is 8.05. The predicted molar refractivity (Wildman–Crippen MR) is 80.5 cm³/mol. The summed E-state index contributed by atoms with van der Waals surface area (Å²) in [6, 6.07) is 3.37. The lowest BCUT2D eigenvalue weighted by atomic mass is 10.0. The molecule has 1 aromatic carbocycles. The summed E-state index contributed by atoms with van der Waals surface area (Å²) in [6.07, 6.45) is 3.30. The maximum atomic E-state index is 11.2. The molecule has 0 aliphatic carbocycles. The fourth-order valence-corrected chi connectivity index (χ4v) is 1.71. The number of rotatable bonds is 5. The van der Waals surface area contributed by atoms with Crippen LogP contribution in [0.1, 0.15) is 35.3 Å². The van der Waals surface area contributed by atoms with Gasteiger partial charge in [0.15, 0.2) is 0 Å². The van der Waals surface area contributed by atoms with Gasteiger partial charge in [-0.25, -0.2) is 4.79 Å². The quantitative estimate of drug-likeness (QED) is 0.809. The van der Waals surface area contributed by atoms with E-state index in [0.29, 0.717) is 17.0 Å². The maximum Gasteiger partial charge on any atom is 0.339 e. The lowest BCUT2D eigenvalue weighted by molar-refractivity contribution is 0.0693. The monoisotopic (exact) mass is 276 g/mol. The number of hydrogen-bond acceptors (Lipinski definition) is 4. The number of methoxy groups -OCH3 is 1. The van der Waals surface area contributed by atoms with Gasteiger partial charge in [-0.2, -0.15) is 0 Å². The van der Waals surface area contributed by atoms with E-state index in [0.717, 1.165) is 5.56 Å². The van der Waals surface area contributed by atoms with Crippen LogP contribution < -0.4 is 10.5 Å². The van der Waals surface area contributed by atoms with Crippen molar-refractivity contribution in [1.29, 1.82) is 0 Å². The molecule has 5 heteroatoms. The third-order valence-corrected chi connectivity index (χ3v) is 2.73. The Balaban J connectivity index is 3.24. The molecule has 0 aromatic heterocycles. The van der Waals surface area contributed by atoms with E-state index in [2.05, 4.69) is 4.99 Å². The highest BCUT2D eigenvalue weighted by Crippen LogP contribution is 2.26. The molecule has 5 nitrogen and oxygen atoms in total. The molecule has 0 spiro atoms. The van der Waals surface area contributed by atoms with Crippen LogP contribution in [0.3, 0.4) is 0 Å². The molecule has 0 saturated carbocycles. The van der Waals surface area contributed by atoms with Crippen molar-refractivity contribution in [3.63, 3.8) is 0 Å². The van der Waals surface area contributed by atoms with Gasteiger partial charge in [0.05, 0.1) is 7.11 Å². The van der Waals surface area contributed by atoms with Crippen LogP contribution in [0.2, 0.25) is 0 Å². The van der Waals surface area contributed by atoms with E-state index in [1.807, 2.05) is 20.8 Å². The zero-order valence-corrected chi connectivity index (χ0v) is 12.2. The minimum atomic E-state index is -1.05. The van der Waals surface area contributed by atoms with E-state index < -0.39 is 5.97 Å². The molecule has 0 amide bonds. The zero-order valence-electron chi connectivity index (χ0n) is 12.2. The Morgan fingerprint density at radius 3 is 2.55 bits per heavy atom. The van der Waals surface area contributed by atoms with E-state index in [-0.39, 0.29) is 11.6 Å². The van der Waals surface area contributed by atoms with Crippen molar-refractivity contribution in [2.24, 2.45) is 10.7 Å². The van der Waals surface area contributed by atoms with Gasteiger partial charge in [0.25, 0.3) is 0 Å². The number of hydrogen-bond donors (Lipinski definition) is 2. The molecule has 0 aliphatic rings. The normalized spacial score (nSPS) is 12.2. The van der Waals surface area contributed by atoms with Crippen molar-refractivity contribution in [2.75, 3.05) is 7.11 Å². The van der Waals surface area contributed by atoms with Gasteiger partial charge in [0, 0.05) is 23.5 Å². The van der Waals surface area contributed by atoms with Crippen molar-refractivity contribution in [1.82, 2.24) is 0 Å². The molecule has 0 atom stereocenters. The standard InChI is InChI=1S/C15H20N2O3/c1-9(2)17-6-5-13(16)11-8-12(15(18)19)14(20-4)7-10(11)3/h5-9H,16H2,1-4H3,(H,18,19)/b13-5-,17-6?. The van der Waals surface area contributed by atoms with Gasteiger partial charge in [-0.15, -0.1) is 0 Å². The molecule has 3 N–H and O–H groups in total. The molecular weight excluding hydrogens is 256 g/mol. The van der Waals surface area contributed by atoms with Crippen LogP contribution in [-0.2, 0) is 0 Å². The Morgan fingerprint density at radius 1 is 1.40 bits per heavy atom. The van der Waals surface area contributed by atoms with Crippen LogP contribution in [0.4, 0.5) is 0 Å². The van der Waals surface area contributed by atoms with Gasteiger partial charge >= 0.3 is 5.97 Å². The minimum absolute atomic E-state index is 0.0882. The fraction of sp³-hybridized carbons (Fsp3) is 0.333. The highest BCUT2D eigenvalue weighted by Gasteiger charge is 2.14. The van der Waals surface area contributed by atoms with Crippen molar-refractivity contribution in [3.05, 3.63) is 34.9 Å². The van der Waals surface area contributed by atoms with Gasteiger partial charge in [-0.05, 0) is 44.5 Å². The Morgan fingerprint density at radius 2 is 2.05 bits per heavy atom. The van der Waals surface area contributed by atoms with Gasteiger partial charge in [-0.3, -0.25) is 4.99 Å². The lowest BCUT2D eigenvalue weighted by Crippen LogP contribution is -2.06. The summed E-state index contributed by atoms with van der Waals surface area (Å²) in [7, 11) is 1.44. The van der Waals surface area contributed by atoms with Crippen LogP contribution in [0, 0.1) is 6.92 Å². The summed E-state index contributed by atoms with van der Waals surface area (Å²) < 4.78 is 5.07. The Hall–Kier alpha value is -2.30. The van der Waals surface area contributed by atoms with Crippen molar-refractivity contribution in [2.45, 2.75) is 26.8 Å². The summed E-state index contributed by atoms with van der Waals surface area (Å²) in [5, 5.41) is 9.18. The average Bonchev–Trinajstić information content (AvgIpc) is 2.37. The number of ether oxygens (including phenoxy) is 1. The number of aryl methyl sites for hydroxylation is 1. The van der Waals surface area contributed by atoms with E-state index in [1.165, 1.54) is 13.2 Å². The van der Waals surface area contributed by atoms with Gasteiger partial charge in [0.2, 0.25) is 0 Å². The van der Waals surface area contributed by atoms with E-state index in [4.69, 9.17) is 10.5 Å². The highest BCUT2D eigenvalue weighted by molar-refractivity contribution is 5.93. The second-order valence-corrected chi connectivity index (χ2v) is 4.69. The van der Waals surface area contributed by atoms with Gasteiger partial charge < -0.3 is 15.6 Å². The number of carbonyl (C=O) groups is 1. The van der Waals surface area contributed by atoms with Crippen LogP contribution in [0.25, 0.3) is 5.70 Å². The summed E-state index contributed by atoms with van der Waals surface area (Å²) in [6.45, 7) is 5.77. The molecule has 1 aromatic rings. The zero-order chi connectivity index (χ0) is 15.3. The number of benzene rings is 1. The number of allylic oxidation sites excluding steroid dienone is 1. The summed E-state index contributed by atoms with van der Waals surface area (Å²) in [4.78, 5) is 15.4. The molecule has 20 heavy (non-hydrogen) atoms. The molecule has 108 valence electrons. The second-order valence-electron chi connectivity index (χ2n) is 4.69. The molecule has 0 radical (unpaired) electrons. The highest BCUT2D eigenvalue weighted by atomic mass is 16.5. The van der Waals surface area contributed by atoms with Crippen LogP contribution in [-0.4, -0.2) is 30.4 Å². The third kappa shape index (κ3) is 3.85. The second kappa shape index (κ2) is 6.75. The number of carboxylic acids is 1. The van der Waals surface area contributed by atoms with Crippen molar-refractivity contribution >= 4 is 17.9 Å². The van der Waals surface area contributed by atoms with E-state index in [9.17, 15) is 9.90 Å². The Kier molecular flexibility index (Phi) is 5.32. The number of carboxylic acid groups (broad SMARTS) is 1.